The Morgan fingerprint density at radius 3 is 2.46 bits per heavy atom. The van der Waals surface area contributed by atoms with Crippen LogP contribution in [-0.2, 0) is 16.1 Å². The molecule has 2 heterocycles. The molecule has 0 aromatic heterocycles. The molecule has 2 aromatic carbocycles. The topological polar surface area (TPSA) is 49.9 Å². The highest BCUT2D eigenvalue weighted by Gasteiger charge is 2.66. The number of benzene rings is 2. The van der Waals surface area contributed by atoms with E-state index in [0.717, 1.165) is 17.5 Å². The van der Waals surface area contributed by atoms with Gasteiger partial charge in [0.25, 0.3) is 5.91 Å². The maximum absolute atomic E-state index is 12.8. The summed E-state index contributed by atoms with van der Waals surface area (Å²) in [5, 5.41) is 0. The molecule has 0 radical (unpaired) electrons. The largest absolute Gasteiger partial charge is 0.445 e. The highest BCUT2D eigenvalue weighted by molar-refractivity contribution is 5.97. The van der Waals surface area contributed by atoms with Gasteiger partial charge in [0, 0.05) is 13.6 Å². The van der Waals surface area contributed by atoms with Crippen LogP contribution in [0.15, 0.2) is 60.7 Å². The molecule has 0 aliphatic carbocycles. The summed E-state index contributed by atoms with van der Waals surface area (Å²) in [4.78, 5) is 29.0. The first-order valence-electron chi connectivity index (χ1n) is 8.95. The van der Waals surface area contributed by atoms with Gasteiger partial charge < -0.3 is 9.64 Å². The number of likely N-dealkylation sites (tertiary alicyclic amines) is 2. The molecule has 2 saturated heterocycles. The summed E-state index contributed by atoms with van der Waals surface area (Å²) in [6, 6.07) is 19.4. The van der Waals surface area contributed by atoms with Gasteiger partial charge in [-0.15, -0.1) is 0 Å². The molecule has 134 valence electrons. The average Bonchev–Trinajstić information content (AvgIpc) is 3.15. The van der Waals surface area contributed by atoms with Crippen molar-refractivity contribution in [3.05, 3.63) is 71.8 Å². The lowest BCUT2D eigenvalue weighted by atomic mass is 9.73. The van der Waals surface area contributed by atoms with Crippen LogP contribution in [0.2, 0.25) is 0 Å². The number of β-lactam (4-membered cyclic amide) rings is 1. The van der Waals surface area contributed by atoms with Crippen molar-refractivity contribution >= 4 is 12.0 Å². The van der Waals surface area contributed by atoms with Crippen molar-refractivity contribution in [2.75, 3.05) is 13.6 Å². The predicted molar refractivity (Wildman–Crippen MR) is 97.3 cm³/mol. The predicted octanol–water partition coefficient (Wildman–Crippen LogP) is 3.37. The van der Waals surface area contributed by atoms with Crippen LogP contribution >= 0.6 is 0 Å². The number of nitrogens with zero attached hydrogens (tertiary/aromatic N) is 2. The van der Waals surface area contributed by atoms with E-state index in [0.29, 0.717) is 13.0 Å². The summed E-state index contributed by atoms with van der Waals surface area (Å²) >= 11 is 0. The van der Waals surface area contributed by atoms with Gasteiger partial charge in [0.15, 0.2) is 0 Å². The second kappa shape index (κ2) is 6.48. The van der Waals surface area contributed by atoms with Crippen molar-refractivity contribution in [1.29, 1.82) is 0 Å². The lowest BCUT2D eigenvalue weighted by Crippen LogP contribution is -2.73. The maximum Gasteiger partial charge on any atom is 0.411 e. The molecular weight excluding hydrogens is 328 g/mol. The third-order valence-corrected chi connectivity index (χ3v) is 5.49. The van der Waals surface area contributed by atoms with Crippen LogP contribution in [0.4, 0.5) is 4.79 Å². The van der Waals surface area contributed by atoms with E-state index in [-0.39, 0.29) is 18.6 Å². The van der Waals surface area contributed by atoms with Crippen LogP contribution in [0.25, 0.3) is 0 Å². The van der Waals surface area contributed by atoms with Crippen molar-refractivity contribution < 1.29 is 14.3 Å². The van der Waals surface area contributed by atoms with Gasteiger partial charge in [-0.2, -0.15) is 0 Å². The number of carbonyl (C=O) groups excluding carboxylic acids is 2. The molecule has 2 fully saturated rings. The molecule has 26 heavy (non-hydrogen) atoms. The lowest BCUT2D eigenvalue weighted by molar-refractivity contribution is -0.169. The normalized spacial score (nSPS) is 24.7. The number of rotatable bonds is 3. The van der Waals surface area contributed by atoms with E-state index in [1.807, 2.05) is 60.7 Å². The zero-order valence-electron chi connectivity index (χ0n) is 14.8. The number of hydrogen-bond acceptors (Lipinski definition) is 3. The average molecular weight is 350 g/mol. The fraction of sp³-hybridized carbons (Fsp3) is 0.333. The zero-order chi connectivity index (χ0) is 18.1. The van der Waals surface area contributed by atoms with Crippen LogP contribution in [0.5, 0.6) is 0 Å². The van der Waals surface area contributed by atoms with Crippen LogP contribution in [0.3, 0.4) is 0 Å². The molecule has 0 saturated carbocycles. The highest BCUT2D eigenvalue weighted by Crippen LogP contribution is 2.52. The first-order valence-corrected chi connectivity index (χ1v) is 8.95. The number of likely N-dealkylation sites (N-methyl/N-ethyl adjacent to an activating group) is 1. The van der Waals surface area contributed by atoms with E-state index in [2.05, 4.69) is 0 Å². The molecule has 2 unspecified atom stereocenters. The molecule has 4 rings (SSSR count). The van der Waals surface area contributed by atoms with Crippen molar-refractivity contribution in [1.82, 2.24) is 9.80 Å². The fourth-order valence-electron chi connectivity index (χ4n) is 4.33. The van der Waals surface area contributed by atoms with Crippen LogP contribution < -0.4 is 0 Å². The molecule has 5 heteroatoms. The van der Waals surface area contributed by atoms with Crippen molar-refractivity contribution in [2.24, 2.45) is 0 Å². The van der Waals surface area contributed by atoms with Gasteiger partial charge in [-0.1, -0.05) is 60.7 Å². The molecule has 0 N–H and O–H groups in total. The Labute approximate surface area is 153 Å². The van der Waals surface area contributed by atoms with Crippen molar-refractivity contribution in [3.63, 3.8) is 0 Å². The van der Waals surface area contributed by atoms with E-state index in [1.54, 1.807) is 16.8 Å². The first kappa shape index (κ1) is 16.6. The molecule has 2 aromatic rings. The van der Waals surface area contributed by atoms with E-state index in [1.165, 1.54) is 0 Å². The number of ether oxygens (including phenoxy) is 1. The Bertz CT molecular complexity index is 809. The monoisotopic (exact) mass is 350 g/mol. The Morgan fingerprint density at radius 2 is 1.77 bits per heavy atom. The summed E-state index contributed by atoms with van der Waals surface area (Å²) in [5.41, 5.74) is 1.19. The Kier molecular flexibility index (Phi) is 4.15. The van der Waals surface area contributed by atoms with Crippen LogP contribution in [0.1, 0.15) is 30.0 Å². The molecule has 1 spiro atoms. The van der Waals surface area contributed by atoms with E-state index in [4.69, 9.17) is 4.74 Å². The molecule has 2 atom stereocenters. The third-order valence-electron chi connectivity index (χ3n) is 5.49. The number of carbonyl (C=O) groups is 2. The van der Waals surface area contributed by atoms with E-state index < -0.39 is 11.6 Å². The summed E-state index contributed by atoms with van der Waals surface area (Å²) in [6.45, 7) is 0.767. The number of hydrogen-bond donors (Lipinski definition) is 0. The highest BCUT2D eigenvalue weighted by atomic mass is 16.6. The van der Waals surface area contributed by atoms with Gasteiger partial charge in [0.1, 0.15) is 12.1 Å². The van der Waals surface area contributed by atoms with Crippen LogP contribution in [-0.4, -0.2) is 40.9 Å². The Hall–Kier alpha value is -2.82. The SMILES string of the molecule is CN1C(=O)C2(CCCN2C(=O)OCc2ccccc2)C1c1ccccc1. The Balaban J connectivity index is 1.56. The second-order valence-corrected chi connectivity index (χ2v) is 6.95. The van der Waals surface area contributed by atoms with Crippen molar-refractivity contribution in [2.45, 2.75) is 31.0 Å². The third kappa shape index (κ3) is 2.46. The van der Waals surface area contributed by atoms with Gasteiger partial charge in [0.05, 0.1) is 6.04 Å². The molecule has 5 nitrogen and oxygen atoms in total. The minimum Gasteiger partial charge on any atom is -0.445 e. The summed E-state index contributed by atoms with van der Waals surface area (Å²) < 4.78 is 5.53. The molecule has 2 aliphatic rings. The summed E-state index contributed by atoms with van der Waals surface area (Å²) in [7, 11) is 1.80. The van der Waals surface area contributed by atoms with E-state index >= 15 is 0 Å². The van der Waals surface area contributed by atoms with Gasteiger partial charge >= 0.3 is 6.09 Å². The first-order chi connectivity index (χ1) is 12.6. The summed E-state index contributed by atoms with van der Waals surface area (Å²) in [5.74, 6) is 0.000476. The lowest BCUT2D eigenvalue weighted by Gasteiger charge is -2.56. The fourth-order valence-corrected chi connectivity index (χ4v) is 4.33. The zero-order valence-corrected chi connectivity index (χ0v) is 14.8. The molecule has 0 bridgehead atoms. The van der Waals surface area contributed by atoms with E-state index in [9.17, 15) is 9.59 Å². The van der Waals surface area contributed by atoms with Gasteiger partial charge in [-0.3, -0.25) is 9.69 Å². The van der Waals surface area contributed by atoms with Crippen molar-refractivity contribution in [3.8, 4) is 0 Å². The smallest absolute Gasteiger partial charge is 0.411 e. The standard InChI is InChI=1S/C21H22N2O3/c1-22-18(17-11-6-3-7-12-17)21(19(22)24)13-8-14-23(21)20(25)26-15-16-9-4-2-5-10-16/h2-7,9-12,18H,8,13-15H2,1H3. The van der Waals surface area contributed by atoms with Gasteiger partial charge in [0.2, 0.25) is 0 Å². The quantitative estimate of drug-likeness (QED) is 0.798. The minimum absolute atomic E-state index is 0.000476. The van der Waals surface area contributed by atoms with Crippen LogP contribution in [0, 0.1) is 0 Å². The molecule has 2 aliphatic heterocycles. The second-order valence-electron chi connectivity index (χ2n) is 6.95. The minimum atomic E-state index is -0.802. The summed E-state index contributed by atoms with van der Waals surface area (Å²) in [6.07, 6.45) is 1.08. The molecule has 2 amide bonds. The Morgan fingerprint density at radius 1 is 1.12 bits per heavy atom. The van der Waals surface area contributed by atoms with Gasteiger partial charge in [-0.25, -0.2) is 4.79 Å². The maximum atomic E-state index is 12.8. The van der Waals surface area contributed by atoms with Gasteiger partial charge in [-0.05, 0) is 24.0 Å². The molecular formula is C21H22N2O3. The number of amides is 2.